The molecule has 1 aliphatic rings. The number of carbonyl (C=O) groups excluding carboxylic acids is 2. The van der Waals surface area contributed by atoms with Gasteiger partial charge in [-0.2, -0.15) is 0 Å². The zero-order valence-corrected chi connectivity index (χ0v) is 12.6. The normalized spacial score (nSPS) is 14.8. The molecule has 1 aliphatic heterocycles. The zero-order valence-electron chi connectivity index (χ0n) is 10.2. The Balaban J connectivity index is 0.00000180. The molecule has 0 radical (unpaired) electrons. The summed E-state index contributed by atoms with van der Waals surface area (Å²) in [6, 6.07) is 7.32. The Bertz CT molecular complexity index is 453. The Morgan fingerprint density at radius 2 is 2.05 bits per heavy atom. The van der Waals surface area contributed by atoms with Crippen LogP contribution in [0.1, 0.15) is 0 Å². The van der Waals surface area contributed by atoms with E-state index < -0.39 is 0 Å². The molecule has 0 atom stereocenters. The van der Waals surface area contributed by atoms with Gasteiger partial charge in [0.25, 0.3) is 0 Å². The molecule has 104 valence electrons. The fraction of sp³-hybridized carbons (Fsp3) is 0.333. The smallest absolute Gasteiger partial charge is 0.243 e. The number of piperazine rings is 1. The number of nitrogens with one attached hydrogen (secondary N) is 2. The lowest BCUT2D eigenvalue weighted by atomic mass is 10.3. The minimum atomic E-state index is -0.174. The van der Waals surface area contributed by atoms with E-state index in [2.05, 4.69) is 26.6 Å². The van der Waals surface area contributed by atoms with E-state index in [9.17, 15) is 9.59 Å². The van der Waals surface area contributed by atoms with Crippen LogP contribution < -0.4 is 10.6 Å². The van der Waals surface area contributed by atoms with Gasteiger partial charge in [-0.25, -0.2) is 0 Å². The minimum Gasteiger partial charge on any atom is -0.331 e. The van der Waals surface area contributed by atoms with Crippen LogP contribution >= 0.6 is 28.3 Å². The molecular formula is C12H15BrClN3O2. The SMILES string of the molecule is Cl.O=C(CN1CCNCC1=O)Nc1ccc(Br)cc1. The number of amides is 2. The van der Waals surface area contributed by atoms with Crippen LogP contribution in [0.3, 0.4) is 0 Å². The summed E-state index contributed by atoms with van der Waals surface area (Å²) in [6.07, 6.45) is 0. The summed E-state index contributed by atoms with van der Waals surface area (Å²) in [4.78, 5) is 24.8. The molecule has 0 spiro atoms. The summed E-state index contributed by atoms with van der Waals surface area (Å²) in [5.74, 6) is -0.209. The molecule has 1 fully saturated rings. The summed E-state index contributed by atoms with van der Waals surface area (Å²) in [5.41, 5.74) is 0.728. The molecule has 1 aromatic carbocycles. The van der Waals surface area contributed by atoms with Crippen molar-refractivity contribution in [3.05, 3.63) is 28.7 Å². The summed E-state index contributed by atoms with van der Waals surface area (Å²) < 4.78 is 0.956. The number of halogens is 2. The lowest BCUT2D eigenvalue weighted by Gasteiger charge is -2.26. The molecule has 2 amide bonds. The maximum atomic E-state index is 11.8. The Hall–Kier alpha value is -1.11. The lowest BCUT2D eigenvalue weighted by molar-refractivity contribution is -0.135. The molecule has 1 heterocycles. The summed E-state index contributed by atoms with van der Waals surface area (Å²) in [6.45, 7) is 1.73. The molecule has 0 bridgehead atoms. The third-order valence-electron chi connectivity index (χ3n) is 2.65. The van der Waals surface area contributed by atoms with E-state index in [0.29, 0.717) is 13.1 Å². The Morgan fingerprint density at radius 1 is 1.37 bits per heavy atom. The topological polar surface area (TPSA) is 61.4 Å². The second-order valence-corrected chi connectivity index (χ2v) is 4.96. The van der Waals surface area contributed by atoms with Crippen molar-refractivity contribution >= 4 is 45.8 Å². The first-order valence-corrected chi connectivity index (χ1v) is 6.48. The Kier molecular flexibility index (Phi) is 6.27. The first-order chi connectivity index (χ1) is 8.65. The van der Waals surface area contributed by atoms with E-state index in [-0.39, 0.29) is 30.8 Å². The summed E-state index contributed by atoms with van der Waals surface area (Å²) in [7, 11) is 0. The number of nitrogens with zero attached hydrogens (tertiary/aromatic N) is 1. The van der Waals surface area contributed by atoms with Crippen LogP contribution in [0.4, 0.5) is 5.69 Å². The molecule has 0 unspecified atom stereocenters. The van der Waals surface area contributed by atoms with Gasteiger partial charge in [0.1, 0.15) is 0 Å². The first kappa shape index (κ1) is 15.9. The van der Waals surface area contributed by atoms with E-state index in [0.717, 1.165) is 16.7 Å². The van der Waals surface area contributed by atoms with Crippen LogP contribution in [0.2, 0.25) is 0 Å². The molecule has 5 nitrogen and oxygen atoms in total. The standard InChI is InChI=1S/C12H14BrN3O2.ClH/c13-9-1-3-10(4-2-9)15-11(17)8-16-6-5-14-7-12(16)18;/h1-4,14H,5-8H2,(H,15,17);1H. The fourth-order valence-electron chi connectivity index (χ4n) is 1.72. The molecule has 1 saturated heterocycles. The monoisotopic (exact) mass is 347 g/mol. The third-order valence-corrected chi connectivity index (χ3v) is 3.18. The summed E-state index contributed by atoms with van der Waals surface area (Å²) in [5, 5.41) is 5.73. The van der Waals surface area contributed by atoms with Crippen molar-refractivity contribution in [1.29, 1.82) is 0 Å². The highest BCUT2D eigenvalue weighted by atomic mass is 79.9. The molecule has 0 aromatic heterocycles. The van der Waals surface area contributed by atoms with Crippen molar-refractivity contribution < 1.29 is 9.59 Å². The van der Waals surface area contributed by atoms with E-state index in [1.807, 2.05) is 24.3 Å². The van der Waals surface area contributed by atoms with Crippen molar-refractivity contribution in [2.45, 2.75) is 0 Å². The molecule has 0 saturated carbocycles. The second-order valence-electron chi connectivity index (χ2n) is 4.05. The number of anilines is 1. The number of hydrogen-bond donors (Lipinski definition) is 2. The summed E-state index contributed by atoms with van der Waals surface area (Å²) >= 11 is 3.33. The quantitative estimate of drug-likeness (QED) is 0.864. The van der Waals surface area contributed by atoms with Gasteiger partial charge >= 0.3 is 0 Å². The van der Waals surface area contributed by atoms with Crippen LogP contribution in [-0.2, 0) is 9.59 Å². The van der Waals surface area contributed by atoms with Gasteiger partial charge in [0.2, 0.25) is 11.8 Å². The van der Waals surface area contributed by atoms with Crippen LogP contribution in [0, 0.1) is 0 Å². The zero-order chi connectivity index (χ0) is 13.0. The molecule has 2 N–H and O–H groups in total. The van der Waals surface area contributed by atoms with Gasteiger partial charge in [-0.05, 0) is 24.3 Å². The molecule has 7 heteroatoms. The largest absolute Gasteiger partial charge is 0.331 e. The van der Waals surface area contributed by atoms with Gasteiger partial charge < -0.3 is 15.5 Å². The molecule has 1 aromatic rings. The molecule has 19 heavy (non-hydrogen) atoms. The molecular weight excluding hydrogens is 334 g/mol. The first-order valence-electron chi connectivity index (χ1n) is 5.69. The average Bonchev–Trinajstić information content (AvgIpc) is 2.35. The van der Waals surface area contributed by atoms with Crippen molar-refractivity contribution in [3.8, 4) is 0 Å². The van der Waals surface area contributed by atoms with Gasteiger partial charge in [-0.1, -0.05) is 15.9 Å². The van der Waals surface area contributed by atoms with E-state index in [1.54, 1.807) is 4.90 Å². The van der Waals surface area contributed by atoms with Gasteiger partial charge in [-0.3, -0.25) is 9.59 Å². The Morgan fingerprint density at radius 3 is 2.68 bits per heavy atom. The van der Waals surface area contributed by atoms with E-state index in [1.165, 1.54) is 0 Å². The average molecular weight is 349 g/mol. The highest BCUT2D eigenvalue weighted by Crippen LogP contribution is 2.14. The van der Waals surface area contributed by atoms with Crippen LogP contribution in [0.25, 0.3) is 0 Å². The van der Waals surface area contributed by atoms with Gasteiger partial charge in [0.05, 0.1) is 13.1 Å². The number of carbonyl (C=O) groups is 2. The predicted octanol–water partition coefficient (Wildman–Crippen LogP) is 1.24. The number of benzene rings is 1. The van der Waals surface area contributed by atoms with E-state index >= 15 is 0 Å². The number of hydrogen-bond acceptors (Lipinski definition) is 3. The van der Waals surface area contributed by atoms with E-state index in [4.69, 9.17) is 0 Å². The van der Waals surface area contributed by atoms with Crippen LogP contribution in [0.15, 0.2) is 28.7 Å². The lowest BCUT2D eigenvalue weighted by Crippen LogP contribution is -2.50. The van der Waals surface area contributed by atoms with Crippen molar-refractivity contribution in [3.63, 3.8) is 0 Å². The minimum absolute atomic E-state index is 0. The van der Waals surface area contributed by atoms with Gasteiger partial charge in [0.15, 0.2) is 0 Å². The number of rotatable bonds is 3. The van der Waals surface area contributed by atoms with Crippen LogP contribution in [0.5, 0.6) is 0 Å². The van der Waals surface area contributed by atoms with Crippen molar-refractivity contribution in [1.82, 2.24) is 10.2 Å². The Labute approximate surface area is 126 Å². The molecule has 2 rings (SSSR count). The third kappa shape index (κ3) is 4.81. The maximum absolute atomic E-state index is 11.8. The van der Waals surface area contributed by atoms with Crippen molar-refractivity contribution in [2.24, 2.45) is 0 Å². The maximum Gasteiger partial charge on any atom is 0.243 e. The predicted molar refractivity (Wildman–Crippen MR) is 79.5 cm³/mol. The van der Waals surface area contributed by atoms with Crippen LogP contribution in [-0.4, -0.2) is 42.9 Å². The molecule has 0 aliphatic carbocycles. The highest BCUT2D eigenvalue weighted by molar-refractivity contribution is 9.10. The second kappa shape index (κ2) is 7.47. The van der Waals surface area contributed by atoms with Gasteiger partial charge in [0, 0.05) is 23.2 Å². The van der Waals surface area contributed by atoms with Crippen molar-refractivity contribution in [2.75, 3.05) is 31.5 Å². The van der Waals surface area contributed by atoms with Gasteiger partial charge in [-0.15, -0.1) is 12.4 Å². The highest BCUT2D eigenvalue weighted by Gasteiger charge is 2.19. The fourth-order valence-corrected chi connectivity index (χ4v) is 1.98.